The number of aromatic nitrogens is 2. The Bertz CT molecular complexity index is 501. The molecule has 16 heavy (non-hydrogen) atoms. The summed E-state index contributed by atoms with van der Waals surface area (Å²) < 4.78 is 0. The summed E-state index contributed by atoms with van der Waals surface area (Å²) in [5, 5.41) is 9.49. The van der Waals surface area contributed by atoms with Crippen molar-refractivity contribution in [2.45, 2.75) is 39.5 Å². The van der Waals surface area contributed by atoms with Gasteiger partial charge in [0.1, 0.15) is 0 Å². The predicted molar refractivity (Wildman–Crippen MR) is 67.7 cm³/mol. The molecule has 0 amide bonds. The van der Waals surface area contributed by atoms with E-state index in [2.05, 4.69) is 50.0 Å². The number of fused-ring (bicyclic) bond motifs is 1. The number of nitrogens with zero attached hydrogens (tertiary/aromatic N) is 2. The topological polar surface area (TPSA) is 25.8 Å². The molecule has 1 aromatic carbocycles. The van der Waals surface area contributed by atoms with Crippen molar-refractivity contribution in [1.29, 1.82) is 0 Å². The molecule has 2 heteroatoms. The van der Waals surface area contributed by atoms with Gasteiger partial charge in [0.25, 0.3) is 0 Å². The van der Waals surface area contributed by atoms with Gasteiger partial charge in [-0.1, -0.05) is 39.8 Å². The molecule has 0 radical (unpaired) electrons. The minimum atomic E-state index is 0.484. The van der Waals surface area contributed by atoms with Crippen molar-refractivity contribution in [1.82, 2.24) is 10.2 Å². The standard InChI is InChI=1S/C14H18N2/c1-9(2)12-6-5-11-7-8-15-16-14(11)13(12)10(3)4/h5-10H,1-4H3. The Balaban J connectivity index is 2.79. The second kappa shape index (κ2) is 4.20. The average Bonchev–Trinajstić information content (AvgIpc) is 2.27. The van der Waals surface area contributed by atoms with Crippen molar-refractivity contribution < 1.29 is 0 Å². The SMILES string of the molecule is CC(C)c1ccc2ccnnc2c1C(C)C. The van der Waals surface area contributed by atoms with Gasteiger partial charge in [-0.2, -0.15) is 10.2 Å². The van der Waals surface area contributed by atoms with Crippen LogP contribution in [-0.2, 0) is 0 Å². The molecule has 0 N–H and O–H groups in total. The first-order chi connectivity index (χ1) is 7.61. The Morgan fingerprint density at radius 3 is 2.31 bits per heavy atom. The van der Waals surface area contributed by atoms with E-state index in [0.29, 0.717) is 11.8 Å². The quantitative estimate of drug-likeness (QED) is 0.758. The molecule has 2 rings (SSSR count). The highest BCUT2D eigenvalue weighted by Crippen LogP contribution is 2.31. The van der Waals surface area contributed by atoms with Crippen LogP contribution in [0.5, 0.6) is 0 Å². The summed E-state index contributed by atoms with van der Waals surface area (Å²) in [7, 11) is 0. The van der Waals surface area contributed by atoms with Crippen LogP contribution in [0.25, 0.3) is 10.9 Å². The van der Waals surface area contributed by atoms with Crippen molar-refractivity contribution >= 4 is 10.9 Å². The van der Waals surface area contributed by atoms with E-state index >= 15 is 0 Å². The highest BCUT2D eigenvalue weighted by Gasteiger charge is 2.14. The summed E-state index contributed by atoms with van der Waals surface area (Å²) in [6, 6.07) is 6.40. The monoisotopic (exact) mass is 214 g/mol. The second-order valence-corrected chi connectivity index (χ2v) is 4.85. The maximum atomic E-state index is 4.30. The fourth-order valence-corrected chi connectivity index (χ4v) is 2.20. The Kier molecular flexibility index (Phi) is 2.90. The van der Waals surface area contributed by atoms with Crippen LogP contribution in [0.4, 0.5) is 0 Å². The fraction of sp³-hybridized carbons (Fsp3) is 0.429. The van der Waals surface area contributed by atoms with E-state index < -0.39 is 0 Å². The van der Waals surface area contributed by atoms with E-state index in [1.54, 1.807) is 6.20 Å². The maximum Gasteiger partial charge on any atom is 0.0967 e. The normalized spacial score (nSPS) is 11.6. The molecule has 0 fully saturated rings. The molecule has 1 aromatic heterocycles. The van der Waals surface area contributed by atoms with Crippen LogP contribution < -0.4 is 0 Å². The highest BCUT2D eigenvalue weighted by molar-refractivity contribution is 5.83. The van der Waals surface area contributed by atoms with E-state index in [0.717, 1.165) is 5.52 Å². The summed E-state index contributed by atoms with van der Waals surface area (Å²) in [4.78, 5) is 0. The molecule has 0 aliphatic rings. The fourth-order valence-electron chi connectivity index (χ4n) is 2.20. The van der Waals surface area contributed by atoms with E-state index in [-0.39, 0.29) is 0 Å². The van der Waals surface area contributed by atoms with Crippen molar-refractivity contribution in [3.8, 4) is 0 Å². The molecule has 0 bridgehead atoms. The number of hydrogen-bond acceptors (Lipinski definition) is 2. The van der Waals surface area contributed by atoms with Crippen LogP contribution in [0.2, 0.25) is 0 Å². The third-order valence-corrected chi connectivity index (χ3v) is 2.96. The molecule has 84 valence electrons. The molecule has 0 spiro atoms. The summed E-state index contributed by atoms with van der Waals surface area (Å²) >= 11 is 0. The van der Waals surface area contributed by atoms with Gasteiger partial charge in [-0.25, -0.2) is 0 Å². The summed E-state index contributed by atoms with van der Waals surface area (Å²) in [5.41, 5.74) is 3.80. The number of benzene rings is 1. The zero-order valence-electron chi connectivity index (χ0n) is 10.4. The van der Waals surface area contributed by atoms with Crippen molar-refractivity contribution in [3.05, 3.63) is 35.5 Å². The van der Waals surface area contributed by atoms with Crippen LogP contribution in [0.15, 0.2) is 24.4 Å². The molecule has 0 saturated carbocycles. The zero-order chi connectivity index (χ0) is 11.7. The molecule has 0 aliphatic carbocycles. The Morgan fingerprint density at radius 2 is 1.69 bits per heavy atom. The van der Waals surface area contributed by atoms with E-state index in [1.807, 2.05) is 6.07 Å². The molecular formula is C14H18N2. The second-order valence-electron chi connectivity index (χ2n) is 4.85. The van der Waals surface area contributed by atoms with Crippen LogP contribution in [0.3, 0.4) is 0 Å². The molecule has 0 atom stereocenters. The Morgan fingerprint density at radius 1 is 0.938 bits per heavy atom. The minimum Gasteiger partial charge on any atom is -0.159 e. The van der Waals surface area contributed by atoms with E-state index in [4.69, 9.17) is 0 Å². The van der Waals surface area contributed by atoms with Gasteiger partial charge in [0.15, 0.2) is 0 Å². The van der Waals surface area contributed by atoms with Gasteiger partial charge < -0.3 is 0 Å². The molecule has 0 saturated heterocycles. The lowest BCUT2D eigenvalue weighted by Gasteiger charge is -2.17. The first-order valence-corrected chi connectivity index (χ1v) is 5.85. The molecule has 0 aliphatic heterocycles. The van der Waals surface area contributed by atoms with Gasteiger partial charge in [-0.3, -0.25) is 0 Å². The highest BCUT2D eigenvalue weighted by atomic mass is 15.1. The number of hydrogen-bond donors (Lipinski definition) is 0. The average molecular weight is 214 g/mol. The lowest BCUT2D eigenvalue weighted by molar-refractivity contribution is 0.793. The Hall–Kier alpha value is -1.44. The van der Waals surface area contributed by atoms with Gasteiger partial charge in [0.05, 0.1) is 11.7 Å². The molecule has 2 aromatic rings. The zero-order valence-corrected chi connectivity index (χ0v) is 10.4. The van der Waals surface area contributed by atoms with Gasteiger partial charge in [0, 0.05) is 5.39 Å². The molecular weight excluding hydrogens is 196 g/mol. The van der Waals surface area contributed by atoms with E-state index in [1.165, 1.54) is 16.5 Å². The lowest BCUT2D eigenvalue weighted by atomic mass is 9.89. The van der Waals surface area contributed by atoms with Crippen LogP contribution >= 0.6 is 0 Å². The first kappa shape index (κ1) is 11.1. The third-order valence-electron chi connectivity index (χ3n) is 2.96. The largest absolute Gasteiger partial charge is 0.159 e. The molecule has 0 unspecified atom stereocenters. The van der Waals surface area contributed by atoms with Crippen molar-refractivity contribution in [2.75, 3.05) is 0 Å². The summed E-state index contributed by atoms with van der Waals surface area (Å²) in [6.45, 7) is 8.89. The van der Waals surface area contributed by atoms with Gasteiger partial charge in [-0.15, -0.1) is 0 Å². The first-order valence-electron chi connectivity index (χ1n) is 5.85. The third kappa shape index (κ3) is 1.80. The molecule has 2 nitrogen and oxygen atoms in total. The van der Waals surface area contributed by atoms with E-state index in [9.17, 15) is 0 Å². The van der Waals surface area contributed by atoms with Crippen LogP contribution in [0, 0.1) is 0 Å². The summed E-state index contributed by atoms with van der Waals surface area (Å²) in [5.74, 6) is 1.02. The lowest BCUT2D eigenvalue weighted by Crippen LogP contribution is -2.01. The van der Waals surface area contributed by atoms with Gasteiger partial charge in [-0.05, 0) is 29.0 Å². The van der Waals surface area contributed by atoms with Crippen LogP contribution in [0.1, 0.15) is 50.7 Å². The van der Waals surface area contributed by atoms with Gasteiger partial charge >= 0.3 is 0 Å². The smallest absolute Gasteiger partial charge is 0.0967 e. The van der Waals surface area contributed by atoms with Crippen molar-refractivity contribution in [2.24, 2.45) is 0 Å². The summed E-state index contributed by atoms with van der Waals surface area (Å²) in [6.07, 6.45) is 1.75. The number of rotatable bonds is 2. The minimum absolute atomic E-state index is 0.484. The van der Waals surface area contributed by atoms with Crippen LogP contribution in [-0.4, -0.2) is 10.2 Å². The predicted octanol–water partition coefficient (Wildman–Crippen LogP) is 3.88. The molecule has 1 heterocycles. The van der Waals surface area contributed by atoms with Gasteiger partial charge in [0.2, 0.25) is 0 Å². The van der Waals surface area contributed by atoms with Crippen molar-refractivity contribution in [3.63, 3.8) is 0 Å². The maximum absolute atomic E-state index is 4.30. The Labute approximate surface area is 96.7 Å².